The summed E-state index contributed by atoms with van der Waals surface area (Å²) in [5, 5.41) is 2.64. The van der Waals surface area contributed by atoms with Gasteiger partial charge in [-0.15, -0.1) is 0 Å². The average molecular weight is 428 g/mol. The van der Waals surface area contributed by atoms with Crippen LogP contribution in [0.1, 0.15) is 6.92 Å². The molecule has 2 N–H and O–H groups in total. The molecular formula is C20H20N4O5S. The van der Waals surface area contributed by atoms with Crippen molar-refractivity contribution < 1.29 is 22.7 Å². The van der Waals surface area contributed by atoms with Gasteiger partial charge in [0.05, 0.1) is 11.5 Å². The standard InChI is InChI=1S/C20H20N4O5S/c1-2-28-16-6-8-17(9-7-16)29-14-19(25)23-15-4-10-18(11-5-15)30(26,27)24-20-21-12-3-13-22-20/h3-13H,2,14H2,1H3,(H,23,25)(H,21,22,24). The number of benzene rings is 2. The van der Waals surface area contributed by atoms with Crippen molar-refractivity contribution in [1.82, 2.24) is 9.97 Å². The summed E-state index contributed by atoms with van der Waals surface area (Å²) in [6.07, 6.45) is 2.86. The third-order valence-electron chi connectivity index (χ3n) is 3.74. The number of rotatable bonds is 9. The van der Waals surface area contributed by atoms with Crippen LogP contribution in [-0.2, 0) is 14.8 Å². The second-order valence-corrected chi connectivity index (χ2v) is 7.63. The molecule has 0 saturated heterocycles. The van der Waals surface area contributed by atoms with Crippen molar-refractivity contribution >= 4 is 27.6 Å². The monoisotopic (exact) mass is 428 g/mol. The van der Waals surface area contributed by atoms with Crippen molar-refractivity contribution in [3.63, 3.8) is 0 Å². The number of carbonyl (C=O) groups excluding carboxylic acids is 1. The molecule has 0 radical (unpaired) electrons. The van der Waals surface area contributed by atoms with Gasteiger partial charge < -0.3 is 14.8 Å². The maximum absolute atomic E-state index is 12.4. The lowest BCUT2D eigenvalue weighted by Gasteiger charge is -2.10. The lowest BCUT2D eigenvalue weighted by atomic mass is 10.3. The molecule has 1 aromatic heterocycles. The number of hydrogen-bond acceptors (Lipinski definition) is 7. The van der Waals surface area contributed by atoms with Gasteiger partial charge in [-0.05, 0) is 61.5 Å². The van der Waals surface area contributed by atoms with Crippen LogP contribution in [0.15, 0.2) is 71.9 Å². The van der Waals surface area contributed by atoms with Crippen molar-refractivity contribution in [1.29, 1.82) is 0 Å². The van der Waals surface area contributed by atoms with E-state index in [-0.39, 0.29) is 23.4 Å². The molecule has 0 bridgehead atoms. The van der Waals surface area contributed by atoms with E-state index in [1.807, 2.05) is 6.92 Å². The SMILES string of the molecule is CCOc1ccc(OCC(=O)Nc2ccc(S(=O)(=O)Nc3ncccn3)cc2)cc1. The molecule has 0 spiro atoms. The van der Waals surface area contributed by atoms with Gasteiger partial charge in [-0.3, -0.25) is 4.79 Å². The Bertz CT molecular complexity index is 1070. The molecule has 0 aliphatic rings. The third kappa shape index (κ3) is 5.92. The second kappa shape index (κ2) is 9.70. The zero-order valence-corrected chi connectivity index (χ0v) is 16.9. The molecule has 156 valence electrons. The Morgan fingerprint density at radius 2 is 1.53 bits per heavy atom. The Balaban J connectivity index is 1.54. The molecule has 1 heterocycles. The first-order valence-electron chi connectivity index (χ1n) is 9.01. The van der Waals surface area contributed by atoms with E-state index in [9.17, 15) is 13.2 Å². The maximum atomic E-state index is 12.4. The fourth-order valence-electron chi connectivity index (χ4n) is 2.39. The second-order valence-electron chi connectivity index (χ2n) is 5.94. The number of carbonyl (C=O) groups is 1. The summed E-state index contributed by atoms with van der Waals surface area (Å²) in [5.41, 5.74) is 0.435. The molecule has 0 aliphatic carbocycles. The van der Waals surface area contributed by atoms with Crippen LogP contribution in [0.25, 0.3) is 0 Å². The molecule has 0 saturated carbocycles. The maximum Gasteiger partial charge on any atom is 0.264 e. The quantitative estimate of drug-likeness (QED) is 0.538. The molecular weight excluding hydrogens is 408 g/mol. The Kier molecular flexibility index (Phi) is 6.81. The minimum Gasteiger partial charge on any atom is -0.494 e. The highest BCUT2D eigenvalue weighted by Crippen LogP contribution is 2.18. The highest BCUT2D eigenvalue weighted by atomic mass is 32.2. The summed E-state index contributed by atoms with van der Waals surface area (Å²) in [4.78, 5) is 19.7. The van der Waals surface area contributed by atoms with E-state index in [0.29, 0.717) is 18.0 Å². The predicted octanol–water partition coefficient (Wildman–Crippen LogP) is 2.69. The van der Waals surface area contributed by atoms with E-state index in [2.05, 4.69) is 20.0 Å². The lowest BCUT2D eigenvalue weighted by Crippen LogP contribution is -2.20. The van der Waals surface area contributed by atoms with Crippen LogP contribution in [0, 0.1) is 0 Å². The number of ether oxygens (including phenoxy) is 2. The summed E-state index contributed by atoms with van der Waals surface area (Å²) in [6.45, 7) is 2.27. The van der Waals surface area contributed by atoms with Crippen LogP contribution < -0.4 is 19.5 Å². The zero-order chi connectivity index (χ0) is 21.4. The van der Waals surface area contributed by atoms with Crippen LogP contribution in [-0.4, -0.2) is 37.5 Å². The zero-order valence-electron chi connectivity index (χ0n) is 16.1. The number of hydrogen-bond donors (Lipinski definition) is 2. The van der Waals surface area contributed by atoms with E-state index in [1.165, 1.54) is 36.7 Å². The average Bonchev–Trinajstić information content (AvgIpc) is 2.74. The van der Waals surface area contributed by atoms with Crippen LogP contribution in [0.4, 0.5) is 11.6 Å². The number of sulfonamides is 1. The first-order valence-corrected chi connectivity index (χ1v) is 10.5. The number of amides is 1. The van der Waals surface area contributed by atoms with Gasteiger partial charge in [0.1, 0.15) is 11.5 Å². The Labute approximate surface area is 174 Å². The molecule has 1 amide bonds. The van der Waals surface area contributed by atoms with Crippen molar-refractivity contribution in [2.75, 3.05) is 23.3 Å². The summed E-state index contributed by atoms with van der Waals surface area (Å²) in [6, 6.07) is 14.2. The van der Waals surface area contributed by atoms with Crippen molar-refractivity contribution in [2.45, 2.75) is 11.8 Å². The van der Waals surface area contributed by atoms with Crippen molar-refractivity contribution in [3.8, 4) is 11.5 Å². The predicted molar refractivity (Wildman–Crippen MR) is 111 cm³/mol. The Morgan fingerprint density at radius 1 is 0.933 bits per heavy atom. The van der Waals surface area contributed by atoms with Crippen LogP contribution >= 0.6 is 0 Å². The van der Waals surface area contributed by atoms with Gasteiger partial charge in [-0.25, -0.2) is 23.1 Å². The number of nitrogens with one attached hydrogen (secondary N) is 2. The number of nitrogens with zero attached hydrogens (tertiary/aromatic N) is 2. The summed E-state index contributed by atoms with van der Waals surface area (Å²) in [7, 11) is -3.84. The topological polar surface area (TPSA) is 120 Å². The number of aromatic nitrogens is 2. The van der Waals surface area contributed by atoms with Gasteiger partial charge in [0.2, 0.25) is 5.95 Å². The summed E-state index contributed by atoms with van der Waals surface area (Å²) < 4.78 is 37.8. The summed E-state index contributed by atoms with van der Waals surface area (Å²) >= 11 is 0. The third-order valence-corrected chi connectivity index (χ3v) is 5.09. The Hall–Kier alpha value is -3.66. The number of anilines is 2. The van der Waals surface area contributed by atoms with Gasteiger partial charge in [0.15, 0.2) is 6.61 Å². The largest absolute Gasteiger partial charge is 0.494 e. The van der Waals surface area contributed by atoms with E-state index < -0.39 is 10.0 Å². The molecule has 3 aromatic rings. The summed E-state index contributed by atoms with van der Waals surface area (Å²) in [5.74, 6) is 0.846. The molecule has 0 aliphatic heterocycles. The normalized spacial score (nSPS) is 10.8. The van der Waals surface area contributed by atoms with Gasteiger partial charge >= 0.3 is 0 Å². The molecule has 9 nitrogen and oxygen atoms in total. The van der Waals surface area contributed by atoms with Gasteiger partial charge in [0, 0.05) is 18.1 Å². The highest BCUT2D eigenvalue weighted by molar-refractivity contribution is 7.92. The molecule has 30 heavy (non-hydrogen) atoms. The van der Waals surface area contributed by atoms with E-state index in [0.717, 1.165) is 5.75 Å². The van der Waals surface area contributed by atoms with Gasteiger partial charge in [0.25, 0.3) is 15.9 Å². The fourth-order valence-corrected chi connectivity index (χ4v) is 3.35. The minimum atomic E-state index is -3.84. The van der Waals surface area contributed by atoms with Crippen molar-refractivity contribution in [2.24, 2.45) is 0 Å². The van der Waals surface area contributed by atoms with Crippen LogP contribution in [0.2, 0.25) is 0 Å². The Morgan fingerprint density at radius 3 is 2.13 bits per heavy atom. The van der Waals surface area contributed by atoms with Crippen molar-refractivity contribution in [3.05, 3.63) is 67.0 Å². The molecule has 2 aromatic carbocycles. The molecule has 3 rings (SSSR count). The molecule has 0 fully saturated rings. The minimum absolute atomic E-state index is 0.0126. The lowest BCUT2D eigenvalue weighted by molar-refractivity contribution is -0.118. The van der Waals surface area contributed by atoms with Gasteiger partial charge in [-0.1, -0.05) is 0 Å². The highest BCUT2D eigenvalue weighted by Gasteiger charge is 2.15. The molecule has 0 unspecified atom stereocenters. The van der Waals surface area contributed by atoms with Gasteiger partial charge in [-0.2, -0.15) is 0 Å². The van der Waals surface area contributed by atoms with Crippen LogP contribution in [0.5, 0.6) is 11.5 Å². The molecule has 0 atom stereocenters. The van der Waals surface area contributed by atoms with E-state index in [1.54, 1.807) is 30.3 Å². The molecule has 10 heteroatoms. The first-order chi connectivity index (χ1) is 14.5. The van der Waals surface area contributed by atoms with Crippen LogP contribution in [0.3, 0.4) is 0 Å². The van der Waals surface area contributed by atoms with E-state index >= 15 is 0 Å². The first kappa shape index (κ1) is 21.1. The van der Waals surface area contributed by atoms with E-state index in [4.69, 9.17) is 9.47 Å². The smallest absolute Gasteiger partial charge is 0.264 e. The fraction of sp³-hybridized carbons (Fsp3) is 0.150.